The molecule has 108 valence electrons. The summed E-state index contributed by atoms with van der Waals surface area (Å²) in [6.45, 7) is 4.25. The molecule has 0 saturated heterocycles. The Hall–Kier alpha value is -2.67. The summed E-state index contributed by atoms with van der Waals surface area (Å²) in [6.07, 6.45) is 1.85. The third-order valence-electron chi connectivity index (χ3n) is 3.92. The van der Waals surface area contributed by atoms with Crippen LogP contribution in [-0.2, 0) is 0 Å². The molecular formula is C21H19N. The highest BCUT2D eigenvalue weighted by Crippen LogP contribution is 2.32. The van der Waals surface area contributed by atoms with Crippen LogP contribution >= 0.6 is 0 Å². The van der Waals surface area contributed by atoms with E-state index in [-0.39, 0.29) is 0 Å². The SMILES string of the molecule is C/C(=C(/c1ccccc1)c1cccnc1C)c1ccccc1. The van der Waals surface area contributed by atoms with Gasteiger partial charge in [0.2, 0.25) is 0 Å². The van der Waals surface area contributed by atoms with Crippen LogP contribution in [0.3, 0.4) is 0 Å². The van der Waals surface area contributed by atoms with Gasteiger partial charge in [-0.05, 0) is 42.2 Å². The molecule has 2 aromatic carbocycles. The van der Waals surface area contributed by atoms with E-state index in [1.54, 1.807) is 0 Å². The van der Waals surface area contributed by atoms with Crippen molar-refractivity contribution in [2.24, 2.45) is 0 Å². The van der Waals surface area contributed by atoms with E-state index in [0.29, 0.717) is 0 Å². The standard InChI is InChI=1S/C21H19N/c1-16(18-10-5-3-6-11-18)21(19-12-7-4-8-13-19)20-14-9-15-22-17(20)2/h3-15H,1-2H3/b21-16+. The Kier molecular flexibility index (Phi) is 4.15. The van der Waals surface area contributed by atoms with Gasteiger partial charge in [-0.2, -0.15) is 0 Å². The molecular weight excluding hydrogens is 266 g/mol. The molecule has 0 bridgehead atoms. The summed E-state index contributed by atoms with van der Waals surface area (Å²) in [7, 11) is 0. The van der Waals surface area contributed by atoms with E-state index >= 15 is 0 Å². The van der Waals surface area contributed by atoms with Gasteiger partial charge in [-0.15, -0.1) is 0 Å². The molecule has 1 aromatic heterocycles. The van der Waals surface area contributed by atoms with E-state index in [4.69, 9.17) is 0 Å². The maximum atomic E-state index is 4.47. The molecule has 0 aliphatic heterocycles. The number of benzene rings is 2. The average molecular weight is 285 g/mol. The smallest absolute Gasteiger partial charge is 0.0451 e. The number of rotatable bonds is 3. The van der Waals surface area contributed by atoms with Gasteiger partial charge in [0.05, 0.1) is 0 Å². The van der Waals surface area contributed by atoms with E-state index in [0.717, 1.165) is 5.69 Å². The lowest BCUT2D eigenvalue weighted by molar-refractivity contribution is 1.18. The van der Waals surface area contributed by atoms with Gasteiger partial charge in [0.15, 0.2) is 0 Å². The molecule has 0 amide bonds. The van der Waals surface area contributed by atoms with Crippen molar-refractivity contribution in [2.75, 3.05) is 0 Å². The molecule has 0 fully saturated rings. The summed E-state index contributed by atoms with van der Waals surface area (Å²) in [5.41, 5.74) is 7.22. The van der Waals surface area contributed by atoms with Crippen LogP contribution in [0.2, 0.25) is 0 Å². The monoisotopic (exact) mass is 285 g/mol. The van der Waals surface area contributed by atoms with E-state index in [1.165, 1.54) is 27.8 Å². The third-order valence-corrected chi connectivity index (χ3v) is 3.92. The lowest BCUT2D eigenvalue weighted by Gasteiger charge is -2.15. The highest BCUT2D eigenvalue weighted by atomic mass is 14.7. The van der Waals surface area contributed by atoms with E-state index in [9.17, 15) is 0 Å². The van der Waals surface area contributed by atoms with Crippen molar-refractivity contribution in [1.29, 1.82) is 0 Å². The minimum Gasteiger partial charge on any atom is -0.261 e. The van der Waals surface area contributed by atoms with Gasteiger partial charge in [0.1, 0.15) is 0 Å². The summed E-state index contributed by atoms with van der Waals surface area (Å²) in [4.78, 5) is 4.47. The molecule has 0 spiro atoms. The van der Waals surface area contributed by atoms with Crippen molar-refractivity contribution >= 4 is 11.1 Å². The minimum absolute atomic E-state index is 1.05. The summed E-state index contributed by atoms with van der Waals surface area (Å²) >= 11 is 0. The lowest BCUT2D eigenvalue weighted by atomic mass is 9.90. The number of nitrogens with zero attached hydrogens (tertiary/aromatic N) is 1. The topological polar surface area (TPSA) is 12.9 Å². The molecule has 0 atom stereocenters. The van der Waals surface area contributed by atoms with Crippen LogP contribution in [0.4, 0.5) is 0 Å². The van der Waals surface area contributed by atoms with Gasteiger partial charge in [0, 0.05) is 17.5 Å². The van der Waals surface area contributed by atoms with Gasteiger partial charge in [-0.1, -0.05) is 66.7 Å². The van der Waals surface area contributed by atoms with Crippen LogP contribution in [0.5, 0.6) is 0 Å². The molecule has 0 unspecified atom stereocenters. The van der Waals surface area contributed by atoms with E-state index in [1.807, 2.05) is 18.3 Å². The molecule has 1 nitrogen and oxygen atoms in total. The zero-order chi connectivity index (χ0) is 15.4. The van der Waals surface area contributed by atoms with Gasteiger partial charge in [-0.25, -0.2) is 0 Å². The zero-order valence-corrected chi connectivity index (χ0v) is 13.0. The van der Waals surface area contributed by atoms with Crippen molar-refractivity contribution in [1.82, 2.24) is 4.98 Å². The second-order valence-corrected chi connectivity index (χ2v) is 5.37. The van der Waals surface area contributed by atoms with E-state index in [2.05, 4.69) is 79.5 Å². The Bertz CT molecular complexity index is 786. The Balaban J connectivity index is 2.27. The van der Waals surface area contributed by atoms with Crippen LogP contribution < -0.4 is 0 Å². The molecule has 3 aromatic rings. The first-order chi connectivity index (χ1) is 10.8. The summed E-state index contributed by atoms with van der Waals surface area (Å²) in [6, 6.07) is 25.2. The normalized spacial score (nSPS) is 11.9. The molecule has 0 N–H and O–H groups in total. The molecule has 1 heteroatoms. The minimum atomic E-state index is 1.05. The number of aryl methyl sites for hydroxylation is 1. The fourth-order valence-electron chi connectivity index (χ4n) is 2.76. The first-order valence-electron chi connectivity index (χ1n) is 7.51. The van der Waals surface area contributed by atoms with Gasteiger partial charge in [0.25, 0.3) is 0 Å². The van der Waals surface area contributed by atoms with Crippen LogP contribution in [0.15, 0.2) is 79.0 Å². The van der Waals surface area contributed by atoms with Gasteiger partial charge in [-0.3, -0.25) is 4.98 Å². The number of allylic oxidation sites excluding steroid dienone is 1. The van der Waals surface area contributed by atoms with Crippen molar-refractivity contribution in [2.45, 2.75) is 13.8 Å². The fourth-order valence-corrected chi connectivity index (χ4v) is 2.76. The summed E-state index contributed by atoms with van der Waals surface area (Å²) in [5.74, 6) is 0. The number of hydrogen-bond acceptors (Lipinski definition) is 1. The highest BCUT2D eigenvalue weighted by molar-refractivity contribution is 5.98. The Morgan fingerprint density at radius 1 is 0.727 bits per heavy atom. The maximum absolute atomic E-state index is 4.47. The first-order valence-corrected chi connectivity index (χ1v) is 7.51. The van der Waals surface area contributed by atoms with Crippen LogP contribution in [0.25, 0.3) is 11.1 Å². The summed E-state index contributed by atoms with van der Waals surface area (Å²) in [5, 5.41) is 0. The van der Waals surface area contributed by atoms with Crippen molar-refractivity contribution in [3.8, 4) is 0 Å². The largest absolute Gasteiger partial charge is 0.261 e. The lowest BCUT2D eigenvalue weighted by Crippen LogP contribution is -1.96. The van der Waals surface area contributed by atoms with E-state index < -0.39 is 0 Å². The first kappa shape index (κ1) is 14.3. The second-order valence-electron chi connectivity index (χ2n) is 5.37. The second kappa shape index (κ2) is 6.40. The van der Waals surface area contributed by atoms with Crippen molar-refractivity contribution < 1.29 is 0 Å². The Morgan fingerprint density at radius 3 is 1.91 bits per heavy atom. The molecule has 0 radical (unpaired) electrons. The van der Waals surface area contributed by atoms with Crippen LogP contribution in [-0.4, -0.2) is 4.98 Å². The predicted octanol–water partition coefficient (Wildman–Crippen LogP) is 5.37. The predicted molar refractivity (Wildman–Crippen MR) is 93.4 cm³/mol. The molecule has 0 aliphatic carbocycles. The quantitative estimate of drug-likeness (QED) is 0.590. The van der Waals surface area contributed by atoms with Gasteiger partial charge < -0.3 is 0 Å². The number of pyridine rings is 1. The van der Waals surface area contributed by atoms with Gasteiger partial charge >= 0.3 is 0 Å². The molecule has 0 saturated carbocycles. The third kappa shape index (κ3) is 2.84. The average Bonchev–Trinajstić information content (AvgIpc) is 2.58. The van der Waals surface area contributed by atoms with Crippen LogP contribution in [0.1, 0.15) is 29.3 Å². The fraction of sp³-hybridized carbons (Fsp3) is 0.0952. The maximum Gasteiger partial charge on any atom is 0.0451 e. The molecule has 22 heavy (non-hydrogen) atoms. The summed E-state index contributed by atoms with van der Waals surface area (Å²) < 4.78 is 0. The number of aromatic nitrogens is 1. The number of hydrogen-bond donors (Lipinski definition) is 0. The highest BCUT2D eigenvalue weighted by Gasteiger charge is 2.12. The molecule has 3 rings (SSSR count). The van der Waals surface area contributed by atoms with Crippen LogP contribution in [0, 0.1) is 6.92 Å². The van der Waals surface area contributed by atoms with Crippen molar-refractivity contribution in [3.63, 3.8) is 0 Å². The molecule has 1 heterocycles. The Labute approximate surface area is 132 Å². The molecule has 0 aliphatic rings. The Morgan fingerprint density at radius 2 is 1.32 bits per heavy atom. The van der Waals surface area contributed by atoms with Crippen molar-refractivity contribution in [3.05, 3.63) is 101 Å². The zero-order valence-electron chi connectivity index (χ0n) is 13.0.